The Labute approximate surface area is 107 Å². The number of hydrogen-bond acceptors (Lipinski definition) is 2. The lowest BCUT2D eigenvalue weighted by Gasteiger charge is -2.41. The van der Waals surface area contributed by atoms with Crippen LogP contribution >= 0.6 is 0 Å². The van der Waals surface area contributed by atoms with Crippen LogP contribution in [0.2, 0.25) is 0 Å². The molecule has 0 spiro atoms. The van der Waals surface area contributed by atoms with Gasteiger partial charge in [0.2, 0.25) is 0 Å². The Balaban J connectivity index is 1.87. The smallest absolute Gasteiger partial charge is 0.0221 e. The molecule has 2 aliphatic rings. The third kappa shape index (κ3) is 3.23. The van der Waals surface area contributed by atoms with E-state index in [1.165, 1.54) is 51.7 Å². The molecule has 100 valence electrons. The second kappa shape index (κ2) is 6.19. The Kier molecular flexibility index (Phi) is 4.87. The standard InChI is InChI=1S/C15H30N2/c1-4-12(2)15-11-17(10-9-16-15)13(3)14-7-5-6-8-14/h12-16H,4-11H2,1-3H3. The first kappa shape index (κ1) is 13.4. The molecule has 3 atom stereocenters. The van der Waals surface area contributed by atoms with Crippen LogP contribution in [0.15, 0.2) is 0 Å². The Hall–Kier alpha value is -0.0800. The van der Waals surface area contributed by atoms with E-state index in [0.29, 0.717) is 0 Å². The molecule has 0 aromatic carbocycles. The predicted octanol–water partition coefficient (Wildman–Crippen LogP) is 2.89. The highest BCUT2D eigenvalue weighted by Gasteiger charge is 2.30. The maximum absolute atomic E-state index is 3.70. The molecule has 2 rings (SSSR count). The van der Waals surface area contributed by atoms with Crippen molar-refractivity contribution in [3.63, 3.8) is 0 Å². The molecular weight excluding hydrogens is 208 g/mol. The first-order valence-corrected chi connectivity index (χ1v) is 7.69. The van der Waals surface area contributed by atoms with Crippen LogP contribution < -0.4 is 5.32 Å². The Morgan fingerprint density at radius 2 is 1.94 bits per heavy atom. The topological polar surface area (TPSA) is 15.3 Å². The molecule has 17 heavy (non-hydrogen) atoms. The summed E-state index contributed by atoms with van der Waals surface area (Å²) in [5.74, 6) is 1.79. The van der Waals surface area contributed by atoms with E-state index in [2.05, 4.69) is 31.0 Å². The minimum atomic E-state index is 0.720. The largest absolute Gasteiger partial charge is 0.311 e. The quantitative estimate of drug-likeness (QED) is 0.810. The van der Waals surface area contributed by atoms with Crippen LogP contribution in [0, 0.1) is 11.8 Å². The number of piperazine rings is 1. The first-order chi connectivity index (χ1) is 8.22. The number of hydrogen-bond donors (Lipinski definition) is 1. The average molecular weight is 238 g/mol. The van der Waals surface area contributed by atoms with Crippen LogP contribution in [0.4, 0.5) is 0 Å². The molecule has 2 nitrogen and oxygen atoms in total. The molecule has 1 aliphatic heterocycles. The highest BCUT2D eigenvalue weighted by atomic mass is 15.2. The second-order valence-corrected chi connectivity index (χ2v) is 6.23. The van der Waals surface area contributed by atoms with Crippen LogP contribution in [-0.4, -0.2) is 36.6 Å². The van der Waals surface area contributed by atoms with E-state index >= 15 is 0 Å². The molecule has 0 aromatic heterocycles. The molecule has 0 aromatic rings. The van der Waals surface area contributed by atoms with Crippen molar-refractivity contribution < 1.29 is 0 Å². The van der Waals surface area contributed by atoms with Gasteiger partial charge in [0.15, 0.2) is 0 Å². The van der Waals surface area contributed by atoms with Crippen molar-refractivity contribution in [2.24, 2.45) is 11.8 Å². The molecule has 0 radical (unpaired) electrons. The lowest BCUT2D eigenvalue weighted by atomic mass is 9.93. The van der Waals surface area contributed by atoms with Crippen molar-refractivity contribution in [2.45, 2.75) is 65.0 Å². The van der Waals surface area contributed by atoms with Crippen molar-refractivity contribution in [2.75, 3.05) is 19.6 Å². The van der Waals surface area contributed by atoms with Crippen LogP contribution in [0.3, 0.4) is 0 Å². The molecular formula is C15H30N2. The lowest BCUT2D eigenvalue weighted by molar-refractivity contribution is 0.0985. The van der Waals surface area contributed by atoms with E-state index in [0.717, 1.165) is 23.9 Å². The monoisotopic (exact) mass is 238 g/mol. The van der Waals surface area contributed by atoms with Gasteiger partial charge in [0, 0.05) is 31.7 Å². The van der Waals surface area contributed by atoms with Gasteiger partial charge in [-0.1, -0.05) is 33.1 Å². The van der Waals surface area contributed by atoms with Gasteiger partial charge in [-0.05, 0) is 31.6 Å². The van der Waals surface area contributed by atoms with Gasteiger partial charge in [0.25, 0.3) is 0 Å². The average Bonchev–Trinajstić information content (AvgIpc) is 2.91. The summed E-state index contributed by atoms with van der Waals surface area (Å²) in [6.07, 6.45) is 7.17. The molecule has 2 fully saturated rings. The van der Waals surface area contributed by atoms with Gasteiger partial charge < -0.3 is 5.32 Å². The Morgan fingerprint density at radius 3 is 2.59 bits per heavy atom. The summed E-state index contributed by atoms with van der Waals surface area (Å²) in [4.78, 5) is 2.75. The molecule has 3 unspecified atom stereocenters. The normalized spacial score (nSPS) is 31.6. The Bertz CT molecular complexity index is 223. The zero-order valence-electron chi connectivity index (χ0n) is 11.9. The van der Waals surface area contributed by atoms with Crippen LogP contribution in [0.25, 0.3) is 0 Å². The highest BCUT2D eigenvalue weighted by molar-refractivity contribution is 4.87. The van der Waals surface area contributed by atoms with E-state index in [4.69, 9.17) is 0 Å². The van der Waals surface area contributed by atoms with Crippen molar-refractivity contribution in [3.05, 3.63) is 0 Å². The third-order valence-corrected chi connectivity index (χ3v) is 5.23. The SMILES string of the molecule is CCC(C)C1CN(C(C)C2CCCC2)CCN1. The first-order valence-electron chi connectivity index (χ1n) is 7.69. The lowest BCUT2D eigenvalue weighted by Crippen LogP contribution is -2.56. The zero-order valence-corrected chi connectivity index (χ0v) is 11.9. The van der Waals surface area contributed by atoms with Gasteiger partial charge in [-0.2, -0.15) is 0 Å². The van der Waals surface area contributed by atoms with E-state index < -0.39 is 0 Å². The van der Waals surface area contributed by atoms with Crippen LogP contribution in [0.1, 0.15) is 52.9 Å². The summed E-state index contributed by atoms with van der Waals surface area (Å²) in [5.41, 5.74) is 0. The molecule has 1 heterocycles. The minimum absolute atomic E-state index is 0.720. The van der Waals surface area contributed by atoms with E-state index in [1.54, 1.807) is 0 Å². The summed E-state index contributed by atoms with van der Waals surface area (Å²) in [7, 11) is 0. The second-order valence-electron chi connectivity index (χ2n) is 6.23. The number of nitrogens with one attached hydrogen (secondary N) is 1. The molecule has 0 amide bonds. The fraction of sp³-hybridized carbons (Fsp3) is 1.00. The zero-order chi connectivity index (χ0) is 12.3. The van der Waals surface area contributed by atoms with E-state index in [1.807, 2.05) is 0 Å². The van der Waals surface area contributed by atoms with Gasteiger partial charge in [-0.3, -0.25) is 4.90 Å². The fourth-order valence-corrected chi connectivity index (χ4v) is 3.58. The molecule has 0 bridgehead atoms. The van der Waals surface area contributed by atoms with Gasteiger partial charge in [-0.15, -0.1) is 0 Å². The maximum atomic E-state index is 3.70. The summed E-state index contributed by atoms with van der Waals surface area (Å²) in [5, 5.41) is 3.70. The summed E-state index contributed by atoms with van der Waals surface area (Å²) < 4.78 is 0. The summed E-state index contributed by atoms with van der Waals surface area (Å²) in [6.45, 7) is 10.9. The molecule has 1 aliphatic carbocycles. The maximum Gasteiger partial charge on any atom is 0.0221 e. The number of nitrogens with zero attached hydrogens (tertiary/aromatic N) is 1. The Morgan fingerprint density at radius 1 is 1.24 bits per heavy atom. The highest BCUT2D eigenvalue weighted by Crippen LogP contribution is 2.30. The number of rotatable bonds is 4. The summed E-state index contributed by atoms with van der Waals surface area (Å²) in [6, 6.07) is 1.53. The third-order valence-electron chi connectivity index (χ3n) is 5.23. The molecule has 1 saturated carbocycles. The van der Waals surface area contributed by atoms with Gasteiger partial charge in [0.1, 0.15) is 0 Å². The fourth-order valence-electron chi connectivity index (χ4n) is 3.58. The van der Waals surface area contributed by atoms with Crippen molar-refractivity contribution in [1.82, 2.24) is 10.2 Å². The molecule has 1 N–H and O–H groups in total. The van der Waals surface area contributed by atoms with Crippen LogP contribution in [-0.2, 0) is 0 Å². The van der Waals surface area contributed by atoms with Crippen molar-refractivity contribution in [3.8, 4) is 0 Å². The molecule has 2 heteroatoms. The van der Waals surface area contributed by atoms with Crippen LogP contribution in [0.5, 0.6) is 0 Å². The van der Waals surface area contributed by atoms with Gasteiger partial charge in [0.05, 0.1) is 0 Å². The van der Waals surface area contributed by atoms with Crippen molar-refractivity contribution >= 4 is 0 Å². The van der Waals surface area contributed by atoms with E-state index in [-0.39, 0.29) is 0 Å². The summed E-state index contributed by atoms with van der Waals surface area (Å²) >= 11 is 0. The van der Waals surface area contributed by atoms with Gasteiger partial charge in [-0.25, -0.2) is 0 Å². The molecule has 1 saturated heterocycles. The predicted molar refractivity (Wildman–Crippen MR) is 74.2 cm³/mol. The van der Waals surface area contributed by atoms with Gasteiger partial charge >= 0.3 is 0 Å². The van der Waals surface area contributed by atoms with Crippen molar-refractivity contribution in [1.29, 1.82) is 0 Å². The minimum Gasteiger partial charge on any atom is -0.311 e. The van der Waals surface area contributed by atoms with E-state index in [9.17, 15) is 0 Å².